The van der Waals surface area contributed by atoms with Crippen LogP contribution in [0.4, 0.5) is 15.8 Å². The Morgan fingerprint density at radius 1 is 1.42 bits per heavy atom. The number of hydrogen-bond donors (Lipinski definition) is 2. The molecule has 0 unspecified atom stereocenters. The van der Waals surface area contributed by atoms with Gasteiger partial charge in [-0.25, -0.2) is 14.4 Å². The smallest absolute Gasteiger partial charge is 0.167 e. The summed E-state index contributed by atoms with van der Waals surface area (Å²) in [7, 11) is 0. The van der Waals surface area contributed by atoms with Gasteiger partial charge in [0, 0.05) is 18.3 Å². The summed E-state index contributed by atoms with van der Waals surface area (Å²) >= 11 is 0. The minimum atomic E-state index is -0.466. The molecule has 0 saturated heterocycles. The molecule has 0 amide bonds. The quantitative estimate of drug-likeness (QED) is 0.808. The van der Waals surface area contributed by atoms with Crippen LogP contribution in [0, 0.1) is 5.82 Å². The standard InChI is InChI=1S/C13H15FN4O/c1-2-19-13-6-12(11(15)5-10(13)14)17-7-9-3-4-16-8-18-9/h3-6,8,17H,2,7,15H2,1H3. The minimum absolute atomic E-state index is 0.182. The maximum absolute atomic E-state index is 13.5. The first-order chi connectivity index (χ1) is 9.20. The Balaban J connectivity index is 2.13. The van der Waals surface area contributed by atoms with E-state index >= 15 is 0 Å². The van der Waals surface area contributed by atoms with Gasteiger partial charge in [-0.3, -0.25) is 0 Å². The van der Waals surface area contributed by atoms with E-state index in [0.717, 1.165) is 5.69 Å². The average Bonchev–Trinajstić information content (AvgIpc) is 2.42. The highest BCUT2D eigenvalue weighted by Gasteiger charge is 2.08. The highest BCUT2D eigenvalue weighted by atomic mass is 19.1. The fourth-order valence-electron chi connectivity index (χ4n) is 1.60. The third kappa shape index (κ3) is 3.31. The minimum Gasteiger partial charge on any atom is -0.491 e. The SMILES string of the molecule is CCOc1cc(NCc2ccncn2)c(N)cc1F. The van der Waals surface area contributed by atoms with Crippen LogP contribution in [0.2, 0.25) is 0 Å². The van der Waals surface area contributed by atoms with Crippen LogP contribution in [0.25, 0.3) is 0 Å². The van der Waals surface area contributed by atoms with Gasteiger partial charge in [0.1, 0.15) is 6.33 Å². The van der Waals surface area contributed by atoms with Gasteiger partial charge in [-0.2, -0.15) is 0 Å². The molecule has 5 nitrogen and oxygen atoms in total. The van der Waals surface area contributed by atoms with Gasteiger partial charge in [-0.1, -0.05) is 0 Å². The Bertz CT molecular complexity index is 548. The number of halogens is 1. The lowest BCUT2D eigenvalue weighted by molar-refractivity contribution is 0.322. The third-order valence-electron chi connectivity index (χ3n) is 2.51. The summed E-state index contributed by atoms with van der Waals surface area (Å²) in [6.07, 6.45) is 3.13. The molecule has 0 aliphatic heterocycles. The molecule has 2 aromatic rings. The molecule has 1 aromatic heterocycles. The van der Waals surface area contributed by atoms with E-state index in [1.165, 1.54) is 12.4 Å². The molecule has 100 valence electrons. The number of aromatic nitrogens is 2. The summed E-state index contributed by atoms with van der Waals surface area (Å²) in [5.41, 5.74) is 7.52. The van der Waals surface area contributed by atoms with Gasteiger partial charge in [-0.05, 0) is 13.0 Å². The second-order valence-corrected chi connectivity index (χ2v) is 3.86. The lowest BCUT2D eigenvalue weighted by Crippen LogP contribution is -2.05. The van der Waals surface area contributed by atoms with Crippen LogP contribution < -0.4 is 15.8 Å². The number of nitrogens with one attached hydrogen (secondary N) is 1. The van der Waals surface area contributed by atoms with Crippen LogP contribution >= 0.6 is 0 Å². The number of nitrogen functional groups attached to an aromatic ring is 1. The number of rotatable bonds is 5. The molecule has 3 N–H and O–H groups in total. The number of benzene rings is 1. The van der Waals surface area contributed by atoms with Gasteiger partial charge in [0.2, 0.25) is 0 Å². The lowest BCUT2D eigenvalue weighted by atomic mass is 10.2. The van der Waals surface area contributed by atoms with E-state index in [4.69, 9.17) is 10.5 Å². The number of hydrogen-bond acceptors (Lipinski definition) is 5. The fraction of sp³-hybridized carbons (Fsp3) is 0.231. The van der Waals surface area contributed by atoms with Crippen molar-refractivity contribution in [2.24, 2.45) is 0 Å². The Hall–Kier alpha value is -2.37. The van der Waals surface area contributed by atoms with Crippen LogP contribution in [-0.4, -0.2) is 16.6 Å². The largest absolute Gasteiger partial charge is 0.491 e. The summed E-state index contributed by atoms with van der Waals surface area (Å²) in [4.78, 5) is 7.91. The van der Waals surface area contributed by atoms with Crippen molar-refractivity contribution in [1.82, 2.24) is 9.97 Å². The summed E-state index contributed by atoms with van der Waals surface area (Å²) in [5.74, 6) is -0.283. The third-order valence-corrected chi connectivity index (χ3v) is 2.51. The number of nitrogens with two attached hydrogens (primary N) is 1. The van der Waals surface area contributed by atoms with Crippen molar-refractivity contribution in [3.63, 3.8) is 0 Å². The molecule has 0 atom stereocenters. The van der Waals surface area contributed by atoms with Crippen molar-refractivity contribution in [2.45, 2.75) is 13.5 Å². The van der Waals surface area contributed by atoms with Crippen molar-refractivity contribution in [3.05, 3.63) is 42.2 Å². The van der Waals surface area contributed by atoms with Crippen LogP contribution in [0.15, 0.2) is 30.7 Å². The first kappa shape index (κ1) is 13.1. The zero-order chi connectivity index (χ0) is 13.7. The van der Waals surface area contributed by atoms with Gasteiger partial charge < -0.3 is 15.8 Å². The molecule has 1 heterocycles. The summed E-state index contributed by atoms with van der Waals surface area (Å²) in [6, 6.07) is 4.58. The Morgan fingerprint density at radius 3 is 2.95 bits per heavy atom. The van der Waals surface area contributed by atoms with Crippen molar-refractivity contribution in [3.8, 4) is 5.75 Å². The molecular weight excluding hydrogens is 247 g/mol. The first-order valence-corrected chi connectivity index (χ1v) is 5.91. The van der Waals surface area contributed by atoms with Gasteiger partial charge >= 0.3 is 0 Å². The molecule has 2 rings (SSSR count). The van der Waals surface area contributed by atoms with Crippen LogP contribution in [0.5, 0.6) is 5.75 Å². The first-order valence-electron chi connectivity index (χ1n) is 5.91. The van der Waals surface area contributed by atoms with E-state index in [9.17, 15) is 4.39 Å². The average molecular weight is 262 g/mol. The van der Waals surface area contributed by atoms with Gasteiger partial charge in [0.25, 0.3) is 0 Å². The zero-order valence-corrected chi connectivity index (χ0v) is 10.6. The van der Waals surface area contributed by atoms with E-state index in [1.54, 1.807) is 25.3 Å². The second-order valence-electron chi connectivity index (χ2n) is 3.86. The lowest BCUT2D eigenvalue weighted by Gasteiger charge is -2.12. The van der Waals surface area contributed by atoms with E-state index in [0.29, 0.717) is 24.5 Å². The highest BCUT2D eigenvalue weighted by molar-refractivity contribution is 5.68. The predicted octanol–water partition coefficient (Wildman–Crippen LogP) is 2.21. The van der Waals surface area contributed by atoms with E-state index in [2.05, 4.69) is 15.3 Å². The molecule has 0 bridgehead atoms. The topological polar surface area (TPSA) is 73.1 Å². The fourth-order valence-corrected chi connectivity index (χ4v) is 1.60. The summed E-state index contributed by atoms with van der Waals surface area (Å²) in [5, 5.41) is 3.09. The number of anilines is 2. The second kappa shape index (κ2) is 5.99. The molecule has 0 fully saturated rings. The maximum atomic E-state index is 13.5. The zero-order valence-electron chi connectivity index (χ0n) is 10.6. The Morgan fingerprint density at radius 2 is 2.26 bits per heavy atom. The monoisotopic (exact) mass is 262 g/mol. The van der Waals surface area contributed by atoms with E-state index < -0.39 is 5.82 Å². The number of ether oxygens (including phenoxy) is 1. The van der Waals surface area contributed by atoms with Crippen molar-refractivity contribution in [1.29, 1.82) is 0 Å². The Kier molecular flexibility index (Phi) is 4.12. The van der Waals surface area contributed by atoms with Gasteiger partial charge in [-0.15, -0.1) is 0 Å². The van der Waals surface area contributed by atoms with Crippen molar-refractivity contribution < 1.29 is 9.13 Å². The molecule has 0 saturated carbocycles. The summed E-state index contributed by atoms with van der Waals surface area (Å²) in [6.45, 7) is 2.67. The van der Waals surface area contributed by atoms with Crippen molar-refractivity contribution in [2.75, 3.05) is 17.7 Å². The normalized spacial score (nSPS) is 10.2. The maximum Gasteiger partial charge on any atom is 0.167 e. The van der Waals surface area contributed by atoms with E-state index in [-0.39, 0.29) is 5.75 Å². The van der Waals surface area contributed by atoms with Crippen molar-refractivity contribution >= 4 is 11.4 Å². The molecule has 0 radical (unpaired) electrons. The molecule has 19 heavy (non-hydrogen) atoms. The molecule has 0 aliphatic carbocycles. The number of nitrogens with zero attached hydrogens (tertiary/aromatic N) is 2. The van der Waals surface area contributed by atoms with Crippen LogP contribution in [0.3, 0.4) is 0 Å². The molecular formula is C13H15FN4O. The molecule has 0 aliphatic rings. The van der Waals surface area contributed by atoms with Crippen LogP contribution in [-0.2, 0) is 6.54 Å². The highest BCUT2D eigenvalue weighted by Crippen LogP contribution is 2.28. The van der Waals surface area contributed by atoms with Gasteiger partial charge in [0.15, 0.2) is 11.6 Å². The van der Waals surface area contributed by atoms with E-state index in [1.807, 2.05) is 0 Å². The predicted molar refractivity (Wildman–Crippen MR) is 71.3 cm³/mol. The molecule has 0 spiro atoms. The van der Waals surface area contributed by atoms with Gasteiger partial charge in [0.05, 0.1) is 30.2 Å². The molecule has 1 aromatic carbocycles. The van der Waals surface area contributed by atoms with Crippen LogP contribution in [0.1, 0.15) is 12.6 Å². The summed E-state index contributed by atoms with van der Waals surface area (Å²) < 4.78 is 18.7. The molecule has 6 heteroatoms. The Labute approximate surface area is 110 Å².